The molecule has 0 amide bonds. The summed E-state index contributed by atoms with van der Waals surface area (Å²) >= 11 is 0. The molecule has 0 radical (unpaired) electrons. The van der Waals surface area contributed by atoms with Gasteiger partial charge in [0.05, 0.1) is 23.6 Å². The van der Waals surface area contributed by atoms with Gasteiger partial charge in [0.2, 0.25) is 0 Å². The van der Waals surface area contributed by atoms with E-state index in [1.54, 1.807) is 19.3 Å². The minimum Gasteiger partial charge on any atom is -0.307 e. The van der Waals surface area contributed by atoms with Crippen molar-refractivity contribution in [3.8, 4) is 11.8 Å². The standard InChI is InChI=1S/C26H22F2N4O/c1-16-6-19(4-5-25(16)31-13-17(2)30-15-31)7-22-8-20(12-29)14-32(26(22)33)18(3)21-9-23(27)11-24(28)10-21/h4-6,8-11,13-15,18H,7H2,1-3H3/t18-/m0/s1. The van der Waals surface area contributed by atoms with Gasteiger partial charge in [0, 0.05) is 36.1 Å². The molecular weight excluding hydrogens is 422 g/mol. The summed E-state index contributed by atoms with van der Waals surface area (Å²) in [7, 11) is 0. The first kappa shape index (κ1) is 22.2. The van der Waals surface area contributed by atoms with E-state index in [9.17, 15) is 18.8 Å². The molecule has 2 heterocycles. The summed E-state index contributed by atoms with van der Waals surface area (Å²) in [4.78, 5) is 17.5. The highest BCUT2D eigenvalue weighted by molar-refractivity contribution is 5.44. The van der Waals surface area contributed by atoms with Crippen LogP contribution in [0.25, 0.3) is 5.69 Å². The van der Waals surface area contributed by atoms with Crippen LogP contribution in [0, 0.1) is 36.8 Å². The highest BCUT2D eigenvalue weighted by atomic mass is 19.1. The average Bonchev–Trinajstić information content (AvgIpc) is 3.20. The third-order valence-corrected chi connectivity index (χ3v) is 5.68. The Bertz CT molecular complexity index is 1430. The van der Waals surface area contributed by atoms with E-state index in [1.807, 2.05) is 42.8 Å². The molecular formula is C26H22F2N4O. The number of pyridine rings is 1. The van der Waals surface area contributed by atoms with Crippen LogP contribution in [-0.4, -0.2) is 14.1 Å². The molecule has 0 bridgehead atoms. The lowest BCUT2D eigenvalue weighted by Gasteiger charge is -2.18. The highest BCUT2D eigenvalue weighted by Gasteiger charge is 2.16. The van der Waals surface area contributed by atoms with Gasteiger partial charge in [0.25, 0.3) is 5.56 Å². The van der Waals surface area contributed by atoms with Crippen molar-refractivity contribution < 1.29 is 8.78 Å². The number of rotatable bonds is 5. The molecule has 0 saturated heterocycles. The zero-order valence-corrected chi connectivity index (χ0v) is 18.5. The van der Waals surface area contributed by atoms with Crippen molar-refractivity contribution >= 4 is 0 Å². The van der Waals surface area contributed by atoms with Crippen molar-refractivity contribution in [3.63, 3.8) is 0 Å². The summed E-state index contributed by atoms with van der Waals surface area (Å²) in [5, 5.41) is 9.50. The molecule has 0 aliphatic rings. The summed E-state index contributed by atoms with van der Waals surface area (Å²) in [6, 6.07) is 12.1. The van der Waals surface area contributed by atoms with Crippen LogP contribution >= 0.6 is 0 Å². The Hall–Kier alpha value is -4.05. The monoisotopic (exact) mass is 444 g/mol. The van der Waals surface area contributed by atoms with Gasteiger partial charge in [0.1, 0.15) is 17.7 Å². The van der Waals surface area contributed by atoms with E-state index in [2.05, 4.69) is 11.1 Å². The van der Waals surface area contributed by atoms with E-state index in [0.717, 1.165) is 28.6 Å². The molecule has 0 N–H and O–H groups in total. The second kappa shape index (κ2) is 8.83. The molecule has 33 heavy (non-hydrogen) atoms. The lowest BCUT2D eigenvalue weighted by Crippen LogP contribution is -2.27. The topological polar surface area (TPSA) is 63.6 Å². The number of aryl methyl sites for hydroxylation is 2. The highest BCUT2D eigenvalue weighted by Crippen LogP contribution is 2.21. The quantitative estimate of drug-likeness (QED) is 0.435. The Balaban J connectivity index is 1.71. The zero-order valence-electron chi connectivity index (χ0n) is 18.5. The van der Waals surface area contributed by atoms with Gasteiger partial charge in [-0.15, -0.1) is 0 Å². The Morgan fingerprint density at radius 3 is 2.39 bits per heavy atom. The van der Waals surface area contributed by atoms with Gasteiger partial charge in [-0.1, -0.05) is 12.1 Å². The van der Waals surface area contributed by atoms with Crippen molar-refractivity contribution in [2.75, 3.05) is 0 Å². The number of benzene rings is 2. The van der Waals surface area contributed by atoms with Crippen molar-refractivity contribution in [3.05, 3.63) is 117 Å². The second-order valence-electron chi connectivity index (χ2n) is 8.18. The van der Waals surface area contributed by atoms with Crippen LogP contribution in [0.1, 0.15) is 46.5 Å². The lowest BCUT2D eigenvalue weighted by atomic mass is 10.0. The summed E-state index contributed by atoms with van der Waals surface area (Å²) in [6.07, 6.45) is 5.44. The molecule has 4 rings (SSSR count). The van der Waals surface area contributed by atoms with Crippen molar-refractivity contribution in [2.45, 2.75) is 33.2 Å². The zero-order chi connectivity index (χ0) is 23.7. The van der Waals surface area contributed by atoms with Crippen LogP contribution in [0.3, 0.4) is 0 Å². The first-order valence-electron chi connectivity index (χ1n) is 10.5. The molecule has 0 fully saturated rings. The van der Waals surface area contributed by atoms with Crippen LogP contribution < -0.4 is 5.56 Å². The van der Waals surface area contributed by atoms with E-state index in [-0.39, 0.29) is 5.56 Å². The molecule has 2 aromatic heterocycles. The Labute approximate surface area is 190 Å². The second-order valence-corrected chi connectivity index (χ2v) is 8.18. The maximum atomic E-state index is 13.7. The first-order valence-corrected chi connectivity index (χ1v) is 10.5. The van der Waals surface area contributed by atoms with E-state index < -0.39 is 17.7 Å². The predicted molar refractivity (Wildman–Crippen MR) is 121 cm³/mol. The third kappa shape index (κ3) is 4.60. The number of aromatic nitrogens is 3. The predicted octanol–water partition coefficient (Wildman–Crippen LogP) is 5.00. The molecule has 0 saturated carbocycles. The Kier molecular flexibility index (Phi) is 5.93. The largest absolute Gasteiger partial charge is 0.307 e. The average molecular weight is 444 g/mol. The van der Waals surface area contributed by atoms with E-state index >= 15 is 0 Å². The van der Waals surface area contributed by atoms with E-state index in [1.165, 1.54) is 22.9 Å². The number of nitriles is 1. The minimum atomic E-state index is -0.717. The van der Waals surface area contributed by atoms with E-state index in [4.69, 9.17) is 0 Å². The fourth-order valence-electron chi connectivity index (χ4n) is 4.00. The molecule has 5 nitrogen and oxygen atoms in total. The van der Waals surface area contributed by atoms with Crippen LogP contribution in [0.5, 0.6) is 0 Å². The molecule has 2 aromatic carbocycles. The van der Waals surface area contributed by atoms with Crippen LogP contribution in [0.4, 0.5) is 8.78 Å². The Morgan fingerprint density at radius 1 is 1.06 bits per heavy atom. The summed E-state index contributed by atoms with van der Waals surface area (Å²) in [5.41, 5.74) is 4.58. The van der Waals surface area contributed by atoms with Crippen LogP contribution in [0.15, 0.2) is 66.0 Å². The maximum absolute atomic E-state index is 13.7. The smallest absolute Gasteiger partial charge is 0.254 e. The molecule has 0 aliphatic heterocycles. The lowest BCUT2D eigenvalue weighted by molar-refractivity contribution is 0.558. The minimum absolute atomic E-state index is 0.301. The molecule has 1 atom stereocenters. The van der Waals surface area contributed by atoms with Gasteiger partial charge in [-0.2, -0.15) is 5.26 Å². The number of hydrogen-bond acceptors (Lipinski definition) is 3. The van der Waals surface area contributed by atoms with Crippen molar-refractivity contribution in [2.24, 2.45) is 0 Å². The molecule has 7 heteroatoms. The van der Waals surface area contributed by atoms with Gasteiger partial charge >= 0.3 is 0 Å². The molecule has 166 valence electrons. The number of imidazole rings is 1. The SMILES string of the molecule is Cc1cn(-c2ccc(Cc3cc(C#N)cn([C@@H](C)c4cc(F)cc(F)c4)c3=O)cc2C)cn1. The fraction of sp³-hybridized carbons (Fsp3) is 0.192. The summed E-state index contributed by atoms with van der Waals surface area (Å²) < 4.78 is 30.8. The fourth-order valence-corrected chi connectivity index (χ4v) is 4.00. The number of halogens is 2. The van der Waals surface area contributed by atoms with Crippen molar-refractivity contribution in [1.29, 1.82) is 5.26 Å². The normalized spacial score (nSPS) is 11.9. The molecule has 0 spiro atoms. The van der Waals surface area contributed by atoms with Crippen LogP contribution in [0.2, 0.25) is 0 Å². The number of hydrogen-bond donors (Lipinski definition) is 0. The summed E-state index contributed by atoms with van der Waals surface area (Å²) in [5.74, 6) is -1.43. The van der Waals surface area contributed by atoms with Gasteiger partial charge in [-0.05, 0) is 61.7 Å². The van der Waals surface area contributed by atoms with Gasteiger partial charge in [-0.3, -0.25) is 4.79 Å². The van der Waals surface area contributed by atoms with E-state index in [0.29, 0.717) is 23.1 Å². The van der Waals surface area contributed by atoms with Gasteiger partial charge in [-0.25, -0.2) is 13.8 Å². The molecule has 0 unspecified atom stereocenters. The first-order chi connectivity index (χ1) is 15.7. The Morgan fingerprint density at radius 2 is 1.79 bits per heavy atom. The maximum Gasteiger partial charge on any atom is 0.254 e. The third-order valence-electron chi connectivity index (χ3n) is 5.68. The molecule has 0 aliphatic carbocycles. The van der Waals surface area contributed by atoms with Gasteiger partial charge < -0.3 is 9.13 Å². The van der Waals surface area contributed by atoms with Gasteiger partial charge in [0.15, 0.2) is 0 Å². The van der Waals surface area contributed by atoms with Crippen molar-refractivity contribution in [1.82, 2.24) is 14.1 Å². The number of nitrogens with zero attached hydrogens (tertiary/aromatic N) is 4. The van der Waals surface area contributed by atoms with Crippen LogP contribution in [-0.2, 0) is 6.42 Å². The molecule has 4 aromatic rings. The summed E-state index contributed by atoms with van der Waals surface area (Å²) in [6.45, 7) is 5.58.